The molecule has 1 aromatic heterocycles. The molecule has 0 radical (unpaired) electrons. The number of likely N-dealkylation sites (N-methyl/N-ethyl adjacent to an activating group) is 1. The predicted octanol–water partition coefficient (Wildman–Crippen LogP) is 1.21. The maximum absolute atomic E-state index is 5.46. The van der Waals surface area contributed by atoms with Gasteiger partial charge in [-0.15, -0.1) is 0 Å². The van der Waals surface area contributed by atoms with Crippen molar-refractivity contribution in [1.29, 1.82) is 0 Å². The Morgan fingerprint density at radius 1 is 1.69 bits per heavy atom. The molecule has 4 nitrogen and oxygen atoms in total. The fourth-order valence-electron chi connectivity index (χ4n) is 2.28. The van der Waals surface area contributed by atoms with Gasteiger partial charge in [-0.1, -0.05) is 6.92 Å². The van der Waals surface area contributed by atoms with E-state index in [1.165, 1.54) is 5.56 Å². The molecular formula is C12H21N3O. The molecule has 0 aromatic carbocycles. The van der Waals surface area contributed by atoms with E-state index in [9.17, 15) is 0 Å². The lowest BCUT2D eigenvalue weighted by atomic mass is 9.99. The van der Waals surface area contributed by atoms with Crippen molar-refractivity contribution in [3.8, 4) is 0 Å². The highest BCUT2D eigenvalue weighted by Gasteiger charge is 2.25. The van der Waals surface area contributed by atoms with Crippen LogP contribution < -0.4 is 5.32 Å². The summed E-state index contributed by atoms with van der Waals surface area (Å²) in [6.07, 6.45) is 5.17. The fraction of sp³-hybridized carbons (Fsp3) is 0.750. The van der Waals surface area contributed by atoms with Gasteiger partial charge < -0.3 is 10.1 Å². The third kappa shape index (κ3) is 2.83. The summed E-state index contributed by atoms with van der Waals surface area (Å²) in [5, 5.41) is 7.89. The Balaban J connectivity index is 1.96. The standard InChI is InChI=1S/C12H21N3O/c1-3-13-12(11-4-5-16-9-11)8-15-7-10(2)6-14-15/h6-7,11-13H,3-5,8-9H2,1-2H3. The van der Waals surface area contributed by atoms with Crippen LogP contribution in [-0.4, -0.2) is 35.6 Å². The predicted molar refractivity (Wildman–Crippen MR) is 63.4 cm³/mol. The zero-order valence-corrected chi connectivity index (χ0v) is 10.1. The zero-order chi connectivity index (χ0) is 11.4. The van der Waals surface area contributed by atoms with Crippen LogP contribution in [0.1, 0.15) is 18.9 Å². The van der Waals surface area contributed by atoms with Crippen LogP contribution in [-0.2, 0) is 11.3 Å². The minimum absolute atomic E-state index is 0.479. The normalized spacial score (nSPS) is 22.5. The third-order valence-corrected chi connectivity index (χ3v) is 3.15. The van der Waals surface area contributed by atoms with Crippen LogP contribution in [0.15, 0.2) is 12.4 Å². The second-order valence-corrected chi connectivity index (χ2v) is 4.53. The highest BCUT2D eigenvalue weighted by molar-refractivity contribution is 4.99. The molecule has 90 valence electrons. The lowest BCUT2D eigenvalue weighted by Gasteiger charge is -2.23. The van der Waals surface area contributed by atoms with Gasteiger partial charge in [-0.2, -0.15) is 5.10 Å². The average Bonchev–Trinajstić information content (AvgIpc) is 2.88. The molecule has 1 N–H and O–H groups in total. The molecule has 0 amide bonds. The number of hydrogen-bond acceptors (Lipinski definition) is 3. The van der Waals surface area contributed by atoms with E-state index in [1.807, 2.05) is 10.9 Å². The van der Waals surface area contributed by atoms with Crippen molar-refractivity contribution < 1.29 is 4.74 Å². The molecule has 0 spiro atoms. The molecule has 0 bridgehead atoms. The van der Waals surface area contributed by atoms with E-state index < -0.39 is 0 Å². The first kappa shape index (κ1) is 11.6. The molecule has 16 heavy (non-hydrogen) atoms. The number of aryl methyl sites for hydroxylation is 1. The largest absolute Gasteiger partial charge is 0.381 e. The van der Waals surface area contributed by atoms with Crippen molar-refractivity contribution in [1.82, 2.24) is 15.1 Å². The van der Waals surface area contributed by atoms with Crippen molar-refractivity contribution in [2.24, 2.45) is 5.92 Å². The number of aromatic nitrogens is 2. The summed E-state index contributed by atoms with van der Waals surface area (Å²) in [7, 11) is 0. The Bertz CT molecular complexity index is 318. The molecule has 2 unspecified atom stereocenters. The Kier molecular flexibility index (Phi) is 3.96. The van der Waals surface area contributed by atoms with Gasteiger partial charge in [0, 0.05) is 24.8 Å². The summed E-state index contributed by atoms with van der Waals surface area (Å²) in [5.41, 5.74) is 1.22. The molecule has 0 saturated carbocycles. The van der Waals surface area contributed by atoms with Gasteiger partial charge in [-0.25, -0.2) is 0 Å². The number of nitrogens with one attached hydrogen (secondary N) is 1. The number of rotatable bonds is 5. The summed E-state index contributed by atoms with van der Waals surface area (Å²) in [6.45, 7) is 7.96. The van der Waals surface area contributed by atoms with Gasteiger partial charge in [0.2, 0.25) is 0 Å². The molecule has 0 aliphatic carbocycles. The number of ether oxygens (including phenoxy) is 1. The third-order valence-electron chi connectivity index (χ3n) is 3.15. The van der Waals surface area contributed by atoms with Gasteiger partial charge in [0.05, 0.1) is 19.3 Å². The molecule has 2 rings (SSSR count). The summed E-state index contributed by atoms with van der Waals surface area (Å²) >= 11 is 0. The molecule has 4 heteroatoms. The topological polar surface area (TPSA) is 39.1 Å². The fourth-order valence-corrected chi connectivity index (χ4v) is 2.28. The molecule has 1 fully saturated rings. The first-order valence-corrected chi connectivity index (χ1v) is 6.09. The van der Waals surface area contributed by atoms with E-state index in [4.69, 9.17) is 4.74 Å². The van der Waals surface area contributed by atoms with Gasteiger partial charge in [0.15, 0.2) is 0 Å². The SMILES string of the molecule is CCNC(Cn1cc(C)cn1)C1CCOC1. The minimum atomic E-state index is 0.479. The number of hydrogen-bond donors (Lipinski definition) is 1. The lowest BCUT2D eigenvalue weighted by Crippen LogP contribution is -2.40. The molecule has 1 aliphatic rings. The van der Waals surface area contributed by atoms with Crippen LogP contribution in [0.4, 0.5) is 0 Å². The van der Waals surface area contributed by atoms with Crippen LogP contribution in [0.2, 0.25) is 0 Å². The molecule has 1 aromatic rings. The summed E-state index contributed by atoms with van der Waals surface area (Å²) in [4.78, 5) is 0. The maximum atomic E-state index is 5.46. The Hall–Kier alpha value is -0.870. The maximum Gasteiger partial charge on any atom is 0.0566 e. The van der Waals surface area contributed by atoms with Crippen LogP contribution in [0.25, 0.3) is 0 Å². The first-order valence-electron chi connectivity index (χ1n) is 6.09. The van der Waals surface area contributed by atoms with Crippen molar-refractivity contribution in [2.45, 2.75) is 32.9 Å². The van der Waals surface area contributed by atoms with E-state index in [1.54, 1.807) is 0 Å². The first-order chi connectivity index (χ1) is 7.79. The van der Waals surface area contributed by atoms with E-state index in [2.05, 4.69) is 30.5 Å². The van der Waals surface area contributed by atoms with Crippen molar-refractivity contribution in [3.05, 3.63) is 18.0 Å². The van der Waals surface area contributed by atoms with Crippen molar-refractivity contribution >= 4 is 0 Å². The van der Waals surface area contributed by atoms with E-state index in [0.29, 0.717) is 12.0 Å². The Labute approximate surface area is 97.0 Å². The Morgan fingerprint density at radius 2 is 2.56 bits per heavy atom. The second-order valence-electron chi connectivity index (χ2n) is 4.53. The molecule has 1 saturated heterocycles. The minimum Gasteiger partial charge on any atom is -0.381 e. The second kappa shape index (κ2) is 5.46. The highest BCUT2D eigenvalue weighted by atomic mass is 16.5. The summed E-state index contributed by atoms with van der Waals surface area (Å²) < 4.78 is 7.49. The van der Waals surface area contributed by atoms with Gasteiger partial charge in [0.1, 0.15) is 0 Å². The van der Waals surface area contributed by atoms with Crippen LogP contribution in [0, 0.1) is 12.8 Å². The molecular weight excluding hydrogens is 202 g/mol. The summed E-state index contributed by atoms with van der Waals surface area (Å²) in [6, 6.07) is 0.479. The van der Waals surface area contributed by atoms with E-state index in [-0.39, 0.29) is 0 Å². The van der Waals surface area contributed by atoms with Crippen LogP contribution in [0.3, 0.4) is 0 Å². The van der Waals surface area contributed by atoms with E-state index in [0.717, 1.165) is 32.7 Å². The van der Waals surface area contributed by atoms with Gasteiger partial charge in [-0.3, -0.25) is 4.68 Å². The summed E-state index contributed by atoms with van der Waals surface area (Å²) in [5.74, 6) is 0.629. The Morgan fingerprint density at radius 3 is 3.12 bits per heavy atom. The van der Waals surface area contributed by atoms with Crippen molar-refractivity contribution in [3.63, 3.8) is 0 Å². The highest BCUT2D eigenvalue weighted by Crippen LogP contribution is 2.18. The lowest BCUT2D eigenvalue weighted by molar-refractivity contribution is 0.173. The van der Waals surface area contributed by atoms with Crippen molar-refractivity contribution in [2.75, 3.05) is 19.8 Å². The quantitative estimate of drug-likeness (QED) is 0.815. The molecule has 2 atom stereocenters. The zero-order valence-electron chi connectivity index (χ0n) is 10.1. The van der Waals surface area contributed by atoms with E-state index >= 15 is 0 Å². The smallest absolute Gasteiger partial charge is 0.0566 e. The van der Waals surface area contributed by atoms with Gasteiger partial charge in [0.25, 0.3) is 0 Å². The van der Waals surface area contributed by atoms with Crippen LogP contribution in [0.5, 0.6) is 0 Å². The van der Waals surface area contributed by atoms with Gasteiger partial charge in [-0.05, 0) is 25.5 Å². The van der Waals surface area contributed by atoms with Crippen LogP contribution >= 0.6 is 0 Å². The average molecular weight is 223 g/mol. The number of nitrogens with zero attached hydrogens (tertiary/aromatic N) is 2. The van der Waals surface area contributed by atoms with Gasteiger partial charge >= 0.3 is 0 Å². The monoisotopic (exact) mass is 223 g/mol. The molecule has 1 aliphatic heterocycles. The molecule has 2 heterocycles.